The maximum Gasteiger partial charge on any atom is 0.404 e. The second kappa shape index (κ2) is 7.54. The SMILES string of the molecule is CCOC(=O)c1cc(C(=O)P(=O)(OCC)OCC)oc1C. The summed E-state index contributed by atoms with van der Waals surface area (Å²) >= 11 is 0. The first-order chi connectivity index (χ1) is 9.89. The van der Waals surface area contributed by atoms with E-state index in [2.05, 4.69) is 0 Å². The van der Waals surface area contributed by atoms with Crippen LogP contribution in [0.5, 0.6) is 0 Å². The molecule has 0 unspecified atom stereocenters. The number of rotatable bonds is 8. The number of ether oxygens (including phenoxy) is 1. The minimum atomic E-state index is -3.97. The highest BCUT2D eigenvalue weighted by molar-refractivity contribution is 7.72. The molecule has 0 aromatic carbocycles. The Kier molecular flexibility index (Phi) is 6.33. The Bertz CT molecular complexity index is 551. The molecule has 0 radical (unpaired) electrons. The molecular formula is C13H19O7P. The molecule has 0 aliphatic heterocycles. The highest BCUT2D eigenvalue weighted by Crippen LogP contribution is 2.51. The Hall–Kier alpha value is -1.43. The van der Waals surface area contributed by atoms with Gasteiger partial charge in [0.15, 0.2) is 5.76 Å². The van der Waals surface area contributed by atoms with Gasteiger partial charge in [-0.3, -0.25) is 9.36 Å². The van der Waals surface area contributed by atoms with Gasteiger partial charge in [-0.2, -0.15) is 0 Å². The molecule has 21 heavy (non-hydrogen) atoms. The molecule has 0 bridgehead atoms. The number of carbonyl (C=O) groups excluding carboxylic acids is 2. The molecule has 118 valence electrons. The summed E-state index contributed by atoms with van der Waals surface area (Å²) in [5.41, 5.74) is -0.801. The van der Waals surface area contributed by atoms with Gasteiger partial charge < -0.3 is 18.2 Å². The van der Waals surface area contributed by atoms with Crippen LogP contribution >= 0.6 is 7.60 Å². The van der Waals surface area contributed by atoms with Gasteiger partial charge in [0.1, 0.15) is 11.3 Å². The van der Waals surface area contributed by atoms with Gasteiger partial charge in [-0.05, 0) is 27.7 Å². The van der Waals surface area contributed by atoms with Crippen molar-refractivity contribution in [2.24, 2.45) is 0 Å². The van der Waals surface area contributed by atoms with Crippen LogP contribution in [0.3, 0.4) is 0 Å². The maximum atomic E-state index is 12.4. The molecule has 1 aromatic rings. The lowest BCUT2D eigenvalue weighted by atomic mass is 10.2. The Balaban J connectivity index is 3.10. The van der Waals surface area contributed by atoms with Crippen molar-refractivity contribution in [3.63, 3.8) is 0 Å². The van der Waals surface area contributed by atoms with Gasteiger partial charge in [0.2, 0.25) is 0 Å². The predicted molar refractivity (Wildman–Crippen MR) is 74.6 cm³/mol. The quantitative estimate of drug-likeness (QED) is 0.537. The number of esters is 1. The summed E-state index contributed by atoms with van der Waals surface area (Å²) in [6.07, 6.45) is 0. The van der Waals surface area contributed by atoms with E-state index in [0.29, 0.717) is 0 Å². The molecule has 8 heteroatoms. The van der Waals surface area contributed by atoms with Crippen LogP contribution in [0.15, 0.2) is 10.5 Å². The normalized spacial score (nSPS) is 11.4. The fraction of sp³-hybridized carbons (Fsp3) is 0.538. The van der Waals surface area contributed by atoms with Crippen molar-refractivity contribution in [3.8, 4) is 0 Å². The Morgan fingerprint density at radius 1 is 1.14 bits per heavy atom. The molecule has 0 fully saturated rings. The summed E-state index contributed by atoms with van der Waals surface area (Å²) < 4.78 is 32.3. The summed E-state index contributed by atoms with van der Waals surface area (Å²) in [6, 6.07) is 1.19. The minimum absolute atomic E-state index is 0.0490. The fourth-order valence-corrected chi connectivity index (χ4v) is 3.00. The first-order valence-electron chi connectivity index (χ1n) is 6.61. The summed E-state index contributed by atoms with van der Waals surface area (Å²) in [7, 11) is -3.97. The predicted octanol–water partition coefficient (Wildman–Crippen LogP) is 3.17. The van der Waals surface area contributed by atoms with E-state index in [9.17, 15) is 14.2 Å². The van der Waals surface area contributed by atoms with E-state index >= 15 is 0 Å². The number of aryl methyl sites for hydroxylation is 1. The van der Waals surface area contributed by atoms with Crippen LogP contribution in [0.4, 0.5) is 0 Å². The smallest absolute Gasteiger partial charge is 0.404 e. The zero-order valence-electron chi connectivity index (χ0n) is 12.5. The summed E-state index contributed by atoms with van der Waals surface area (Å²) in [4.78, 5) is 23.9. The number of hydrogen-bond donors (Lipinski definition) is 0. The van der Waals surface area contributed by atoms with Gasteiger partial charge >= 0.3 is 19.1 Å². The van der Waals surface area contributed by atoms with E-state index in [0.717, 1.165) is 0 Å². The molecule has 7 nitrogen and oxygen atoms in total. The van der Waals surface area contributed by atoms with Crippen molar-refractivity contribution in [1.82, 2.24) is 0 Å². The van der Waals surface area contributed by atoms with E-state index < -0.39 is 19.1 Å². The molecule has 0 saturated carbocycles. The second-order valence-corrected chi connectivity index (χ2v) is 5.86. The van der Waals surface area contributed by atoms with Crippen LogP contribution in [0, 0.1) is 6.92 Å². The van der Waals surface area contributed by atoms with Crippen LogP contribution < -0.4 is 0 Å². The van der Waals surface area contributed by atoms with Crippen molar-refractivity contribution in [3.05, 3.63) is 23.2 Å². The number of carbonyl (C=O) groups is 2. The molecule has 0 N–H and O–H groups in total. The van der Waals surface area contributed by atoms with E-state index in [1.165, 1.54) is 13.0 Å². The first-order valence-corrected chi connectivity index (χ1v) is 8.15. The van der Waals surface area contributed by atoms with Crippen molar-refractivity contribution in [2.45, 2.75) is 27.7 Å². The topological polar surface area (TPSA) is 92.0 Å². The molecule has 0 aliphatic carbocycles. The lowest BCUT2D eigenvalue weighted by Gasteiger charge is -2.13. The van der Waals surface area contributed by atoms with Crippen LogP contribution in [0.1, 0.15) is 47.4 Å². The Morgan fingerprint density at radius 2 is 1.71 bits per heavy atom. The molecular weight excluding hydrogens is 299 g/mol. The third-order valence-corrected chi connectivity index (χ3v) is 4.38. The molecule has 1 aromatic heterocycles. The van der Waals surface area contributed by atoms with Crippen LogP contribution in [-0.2, 0) is 18.3 Å². The van der Waals surface area contributed by atoms with Gasteiger partial charge in [-0.15, -0.1) is 0 Å². The van der Waals surface area contributed by atoms with Gasteiger partial charge in [0.25, 0.3) is 0 Å². The highest BCUT2D eigenvalue weighted by atomic mass is 31.2. The third-order valence-electron chi connectivity index (χ3n) is 2.47. The van der Waals surface area contributed by atoms with E-state index in [1.54, 1.807) is 20.8 Å². The van der Waals surface area contributed by atoms with Gasteiger partial charge in [-0.25, -0.2) is 4.79 Å². The zero-order valence-corrected chi connectivity index (χ0v) is 13.4. The third kappa shape index (κ3) is 4.03. The first kappa shape index (κ1) is 17.6. The summed E-state index contributed by atoms with van der Waals surface area (Å²) in [5, 5.41) is 0. The van der Waals surface area contributed by atoms with Crippen molar-refractivity contribution >= 4 is 19.1 Å². The average molecular weight is 318 g/mol. The van der Waals surface area contributed by atoms with Crippen LogP contribution in [0.2, 0.25) is 0 Å². The standard InChI is InChI=1S/C13H19O7P/c1-5-17-12(14)10-8-11(20-9(10)4)13(15)21(16,18-6-2)19-7-3/h8H,5-7H2,1-4H3. The van der Waals surface area contributed by atoms with E-state index in [1.807, 2.05) is 0 Å². The lowest BCUT2D eigenvalue weighted by molar-refractivity contribution is 0.0524. The Labute approximate surface area is 123 Å². The molecule has 0 atom stereocenters. The lowest BCUT2D eigenvalue weighted by Crippen LogP contribution is -2.07. The van der Waals surface area contributed by atoms with Crippen molar-refractivity contribution in [2.75, 3.05) is 19.8 Å². The number of furan rings is 1. The van der Waals surface area contributed by atoms with Crippen LogP contribution in [-0.4, -0.2) is 31.3 Å². The number of hydrogen-bond acceptors (Lipinski definition) is 7. The fourth-order valence-electron chi connectivity index (χ4n) is 1.63. The van der Waals surface area contributed by atoms with Crippen molar-refractivity contribution < 1.29 is 32.4 Å². The van der Waals surface area contributed by atoms with Gasteiger partial charge in [0.05, 0.1) is 19.8 Å². The monoisotopic (exact) mass is 318 g/mol. The summed E-state index contributed by atoms with van der Waals surface area (Å²) in [5.74, 6) is -0.655. The Morgan fingerprint density at radius 3 is 2.19 bits per heavy atom. The maximum absolute atomic E-state index is 12.4. The van der Waals surface area contributed by atoms with Gasteiger partial charge in [0, 0.05) is 6.07 Å². The van der Waals surface area contributed by atoms with E-state index in [-0.39, 0.29) is 36.9 Å². The molecule has 0 spiro atoms. The van der Waals surface area contributed by atoms with Gasteiger partial charge in [-0.1, -0.05) is 0 Å². The minimum Gasteiger partial charge on any atom is -0.462 e. The highest BCUT2D eigenvalue weighted by Gasteiger charge is 2.38. The molecule has 0 amide bonds. The largest absolute Gasteiger partial charge is 0.462 e. The zero-order chi connectivity index (χ0) is 16.0. The average Bonchev–Trinajstić information content (AvgIpc) is 2.80. The molecule has 1 rings (SSSR count). The molecule has 1 heterocycles. The van der Waals surface area contributed by atoms with Crippen molar-refractivity contribution in [1.29, 1.82) is 0 Å². The molecule has 0 aliphatic rings. The molecule has 0 saturated heterocycles. The van der Waals surface area contributed by atoms with E-state index in [4.69, 9.17) is 18.2 Å². The van der Waals surface area contributed by atoms with Crippen LogP contribution in [0.25, 0.3) is 0 Å². The summed E-state index contributed by atoms with van der Waals surface area (Å²) in [6.45, 7) is 6.66. The second-order valence-electron chi connectivity index (χ2n) is 3.94.